The van der Waals surface area contributed by atoms with Crippen molar-refractivity contribution >= 4 is 11.8 Å². The van der Waals surface area contributed by atoms with E-state index in [1.807, 2.05) is 24.3 Å². The minimum absolute atomic E-state index is 0.0715. The van der Waals surface area contributed by atoms with Crippen LogP contribution in [0.25, 0.3) is 0 Å². The van der Waals surface area contributed by atoms with E-state index in [2.05, 4.69) is 55.7 Å². The highest BCUT2D eigenvalue weighted by atomic mass is 16.1. The Bertz CT molecular complexity index is 1350. The molecule has 2 unspecified atom stereocenters. The van der Waals surface area contributed by atoms with Gasteiger partial charge in [-0.3, -0.25) is 9.59 Å². The lowest BCUT2D eigenvalue weighted by Crippen LogP contribution is -2.41. The van der Waals surface area contributed by atoms with Crippen LogP contribution in [0.15, 0.2) is 60.8 Å². The maximum Gasteiger partial charge on any atom is 0.251 e. The van der Waals surface area contributed by atoms with Crippen molar-refractivity contribution in [3.05, 3.63) is 88.9 Å². The molecule has 11 heteroatoms. The number of nitriles is 1. The largest absolute Gasteiger partial charge is 0.366 e. The zero-order valence-corrected chi connectivity index (χ0v) is 22.1. The number of nitrogens with one attached hydrogen (secondary N) is 3. The van der Waals surface area contributed by atoms with E-state index in [1.54, 1.807) is 31.3 Å². The van der Waals surface area contributed by atoms with Crippen LogP contribution in [0.3, 0.4) is 0 Å². The van der Waals surface area contributed by atoms with Crippen LogP contribution in [0.4, 0.5) is 0 Å². The Kier molecular flexibility index (Phi) is 8.36. The first kappa shape index (κ1) is 27.5. The molecule has 4 rings (SSSR count). The van der Waals surface area contributed by atoms with Gasteiger partial charge in [-0.15, -0.1) is 10.2 Å². The summed E-state index contributed by atoms with van der Waals surface area (Å²) in [5, 5.41) is 30.9. The van der Waals surface area contributed by atoms with Gasteiger partial charge in [0, 0.05) is 43.0 Å². The number of benzene rings is 2. The average molecular weight is 528 g/mol. The highest BCUT2D eigenvalue weighted by Crippen LogP contribution is 2.41. The highest BCUT2D eigenvalue weighted by Gasteiger charge is 2.42. The maximum absolute atomic E-state index is 12.2. The van der Waals surface area contributed by atoms with Gasteiger partial charge in [0.15, 0.2) is 5.82 Å². The molecule has 202 valence electrons. The molecule has 5 N–H and O–H groups in total. The summed E-state index contributed by atoms with van der Waals surface area (Å²) in [5.41, 5.74) is 8.07. The SMILES string of the molecule is C=C(CN[C@H](C)CC(c1ccc(C(N)=O)cc1)(c1ccc(C(=O)NC)cc1)c1nn[nH]n1)N1CCCC1C#N. The fourth-order valence-electron chi connectivity index (χ4n) is 5.27. The smallest absolute Gasteiger partial charge is 0.251 e. The minimum atomic E-state index is -0.888. The van der Waals surface area contributed by atoms with E-state index in [9.17, 15) is 14.9 Å². The van der Waals surface area contributed by atoms with Crippen molar-refractivity contribution in [3.8, 4) is 6.07 Å². The van der Waals surface area contributed by atoms with Crippen LogP contribution in [-0.2, 0) is 5.41 Å². The van der Waals surface area contributed by atoms with Gasteiger partial charge >= 0.3 is 0 Å². The quantitative estimate of drug-likeness (QED) is 0.293. The molecule has 39 heavy (non-hydrogen) atoms. The monoisotopic (exact) mass is 527 g/mol. The summed E-state index contributed by atoms with van der Waals surface area (Å²) >= 11 is 0. The van der Waals surface area contributed by atoms with Crippen molar-refractivity contribution in [3.63, 3.8) is 0 Å². The summed E-state index contributed by atoms with van der Waals surface area (Å²) in [5.74, 6) is -0.269. The second-order valence-electron chi connectivity index (χ2n) is 9.77. The van der Waals surface area contributed by atoms with Crippen molar-refractivity contribution in [1.82, 2.24) is 36.2 Å². The molecule has 1 aliphatic heterocycles. The van der Waals surface area contributed by atoms with Crippen molar-refractivity contribution in [1.29, 1.82) is 5.26 Å². The first-order valence-electron chi connectivity index (χ1n) is 12.8. The number of hydrogen-bond acceptors (Lipinski definition) is 8. The fraction of sp³-hybridized carbons (Fsp3) is 0.357. The summed E-state index contributed by atoms with van der Waals surface area (Å²) in [4.78, 5) is 26.1. The zero-order valence-electron chi connectivity index (χ0n) is 22.1. The lowest BCUT2D eigenvalue weighted by Gasteiger charge is -2.35. The number of H-pyrrole nitrogens is 1. The molecule has 1 fully saturated rings. The first-order valence-corrected chi connectivity index (χ1v) is 12.8. The third kappa shape index (κ3) is 5.66. The number of likely N-dealkylation sites (tertiary alicyclic amines) is 1. The van der Waals surface area contributed by atoms with E-state index in [1.165, 1.54) is 0 Å². The number of hydrogen-bond donors (Lipinski definition) is 4. The van der Waals surface area contributed by atoms with Gasteiger partial charge < -0.3 is 21.3 Å². The second kappa shape index (κ2) is 11.9. The van der Waals surface area contributed by atoms with Crippen LogP contribution in [0.2, 0.25) is 0 Å². The maximum atomic E-state index is 12.2. The van der Waals surface area contributed by atoms with Gasteiger partial charge in [-0.25, -0.2) is 0 Å². The zero-order chi connectivity index (χ0) is 28.0. The molecule has 0 spiro atoms. The van der Waals surface area contributed by atoms with Crippen molar-refractivity contribution in [2.75, 3.05) is 20.1 Å². The lowest BCUT2D eigenvalue weighted by molar-refractivity contribution is 0.0961. The highest BCUT2D eigenvalue weighted by molar-refractivity contribution is 5.94. The molecule has 0 aliphatic carbocycles. The topological polar surface area (TPSA) is 166 Å². The molecule has 1 aromatic heterocycles. The van der Waals surface area contributed by atoms with Crippen LogP contribution in [0.5, 0.6) is 0 Å². The Hall–Kier alpha value is -4.56. The summed E-state index contributed by atoms with van der Waals surface area (Å²) in [6.45, 7) is 7.62. The van der Waals surface area contributed by atoms with E-state index in [4.69, 9.17) is 5.73 Å². The van der Waals surface area contributed by atoms with Gasteiger partial charge in [0.25, 0.3) is 5.91 Å². The number of carbonyl (C=O) groups excluding carboxylic acids is 2. The van der Waals surface area contributed by atoms with Crippen LogP contribution < -0.4 is 16.4 Å². The normalized spacial score (nSPS) is 17.2. The summed E-state index contributed by atoms with van der Waals surface area (Å²) in [6.07, 6.45) is 2.33. The fourth-order valence-corrected chi connectivity index (χ4v) is 5.27. The number of carbonyl (C=O) groups is 2. The molecule has 0 radical (unpaired) electrons. The van der Waals surface area contributed by atoms with E-state index in [0.717, 1.165) is 36.2 Å². The average Bonchev–Trinajstić information content (AvgIpc) is 3.67. The molecule has 2 amide bonds. The number of rotatable bonds is 11. The Labute approximate surface area is 227 Å². The number of aromatic amines is 1. The van der Waals surface area contributed by atoms with Gasteiger partial charge in [-0.05, 0) is 61.6 Å². The molecule has 3 atom stereocenters. The third-order valence-corrected chi connectivity index (χ3v) is 7.33. The molecular formula is C28H33N9O2. The van der Waals surface area contributed by atoms with E-state index in [0.29, 0.717) is 29.9 Å². The number of nitrogens with two attached hydrogens (primary N) is 1. The molecule has 0 bridgehead atoms. The lowest BCUT2D eigenvalue weighted by atomic mass is 9.69. The van der Waals surface area contributed by atoms with Gasteiger partial charge in [0.1, 0.15) is 6.04 Å². The summed E-state index contributed by atoms with van der Waals surface area (Å²) in [7, 11) is 1.59. The standard InChI is InChI=1S/C28H33N9O2/c1-18(32-17-19(2)37-14-4-5-24(37)16-29)15-28(27-33-35-36-34-27,22-10-6-20(7-11-22)25(30)38)23-12-8-21(9-13-23)26(39)31-3/h6-13,18,24,32H,2,4-5,14-15,17H2,1,3H3,(H2,30,38)(H,31,39)(H,33,34,35,36)/t18-,24?,28?/m1/s1. The third-order valence-electron chi connectivity index (χ3n) is 7.33. The first-order chi connectivity index (χ1) is 18.8. The van der Waals surface area contributed by atoms with Gasteiger partial charge in [0.05, 0.1) is 11.5 Å². The molecule has 11 nitrogen and oxygen atoms in total. The Morgan fingerprint density at radius 1 is 1.21 bits per heavy atom. The molecular weight excluding hydrogens is 494 g/mol. The van der Waals surface area contributed by atoms with Gasteiger partial charge in [-0.1, -0.05) is 36.1 Å². The number of nitrogens with zero attached hydrogens (tertiary/aromatic N) is 5. The van der Waals surface area contributed by atoms with Gasteiger partial charge in [-0.2, -0.15) is 10.5 Å². The minimum Gasteiger partial charge on any atom is -0.366 e. The van der Waals surface area contributed by atoms with Crippen molar-refractivity contribution in [2.24, 2.45) is 5.73 Å². The molecule has 2 heterocycles. The Morgan fingerprint density at radius 3 is 2.38 bits per heavy atom. The van der Waals surface area contributed by atoms with Crippen molar-refractivity contribution in [2.45, 2.75) is 43.7 Å². The van der Waals surface area contributed by atoms with Gasteiger partial charge in [0.2, 0.25) is 5.91 Å². The predicted molar refractivity (Wildman–Crippen MR) is 145 cm³/mol. The van der Waals surface area contributed by atoms with Crippen LogP contribution in [0.1, 0.15) is 63.9 Å². The van der Waals surface area contributed by atoms with Crippen molar-refractivity contribution < 1.29 is 9.59 Å². The molecule has 3 aromatic rings. The number of aromatic nitrogens is 4. The molecule has 0 saturated carbocycles. The number of tetrazole rings is 1. The van der Waals surface area contributed by atoms with Crippen LogP contribution in [0, 0.1) is 11.3 Å². The summed E-state index contributed by atoms with van der Waals surface area (Å²) < 4.78 is 0. The molecule has 1 saturated heterocycles. The molecule has 1 aliphatic rings. The predicted octanol–water partition coefficient (Wildman–Crippen LogP) is 1.86. The van der Waals surface area contributed by atoms with E-state index >= 15 is 0 Å². The van der Waals surface area contributed by atoms with Crippen LogP contribution in [-0.4, -0.2) is 69.6 Å². The van der Waals surface area contributed by atoms with E-state index < -0.39 is 11.3 Å². The number of primary amides is 1. The second-order valence-corrected chi connectivity index (χ2v) is 9.77. The molecule has 2 aromatic carbocycles. The van der Waals surface area contributed by atoms with Crippen LogP contribution >= 0.6 is 0 Å². The Balaban J connectivity index is 1.71. The summed E-state index contributed by atoms with van der Waals surface area (Å²) in [6, 6.07) is 16.5. The Morgan fingerprint density at radius 2 is 1.85 bits per heavy atom. The van der Waals surface area contributed by atoms with E-state index in [-0.39, 0.29) is 18.0 Å². The number of amides is 2.